The van der Waals surface area contributed by atoms with E-state index in [1.54, 1.807) is 0 Å². The van der Waals surface area contributed by atoms with Gasteiger partial charge in [0.1, 0.15) is 13.3 Å². The summed E-state index contributed by atoms with van der Waals surface area (Å²) in [5.41, 5.74) is 0.398. The number of hydrogen-bond donors (Lipinski definition) is 1. The second-order valence-electron chi connectivity index (χ2n) is 1.09. The van der Waals surface area contributed by atoms with E-state index in [1.165, 1.54) is 6.26 Å². The topological polar surface area (TPSA) is 46.3 Å². The van der Waals surface area contributed by atoms with Crippen molar-refractivity contribution in [2.24, 2.45) is 0 Å². The molecule has 3 nitrogen and oxygen atoms in total. The van der Waals surface area contributed by atoms with E-state index in [1.807, 2.05) is 0 Å². The first kappa shape index (κ1) is 3.21. The summed E-state index contributed by atoms with van der Waals surface area (Å²) in [4.78, 5) is 3.48. The van der Waals surface area contributed by atoms with Crippen molar-refractivity contribution in [3.05, 3.63) is 18.3 Å². The van der Waals surface area contributed by atoms with Gasteiger partial charge in [-0.2, -0.15) is 0 Å². The third-order valence-corrected chi connectivity index (χ3v) is 0.599. The zero-order valence-corrected chi connectivity index (χ0v) is 3.59. The highest BCUT2D eigenvalue weighted by Gasteiger charge is 1.87. The molecule has 1 N–H and O–H groups in total. The predicted molar refractivity (Wildman–Crippen MR) is 22.4 cm³/mol. The van der Waals surface area contributed by atoms with Crippen molar-refractivity contribution in [3.63, 3.8) is 0 Å². The molecule has 1 rings (SSSR count). The van der Waals surface area contributed by atoms with Gasteiger partial charge in [0.05, 0.1) is 6.61 Å². The number of aliphatic hydroxyl groups excluding tert-OH is 1. The molecule has 0 aromatic carbocycles. The molecule has 1 aromatic rings. The molecule has 38 valence electrons. The Morgan fingerprint density at radius 3 is 3.29 bits per heavy atom. The standard InChI is InChI=1S/C4H5NO2/c6-1-4-2-7-3-5-4/h2-3,6H,1H2/i3D. The van der Waals surface area contributed by atoms with E-state index >= 15 is 0 Å². The van der Waals surface area contributed by atoms with Crippen LogP contribution in [0.25, 0.3) is 0 Å². The van der Waals surface area contributed by atoms with Crippen LogP contribution in [-0.2, 0) is 6.61 Å². The number of rotatable bonds is 1. The van der Waals surface area contributed by atoms with Crippen LogP contribution in [-0.4, -0.2) is 10.1 Å². The first-order valence-corrected chi connectivity index (χ1v) is 1.85. The maximum atomic E-state index is 8.35. The summed E-state index contributed by atoms with van der Waals surface area (Å²) in [7, 11) is 0. The SMILES string of the molecule is [2H]c1nc(CO)co1. The number of hydrogen-bond acceptors (Lipinski definition) is 3. The lowest BCUT2D eigenvalue weighted by atomic mass is 10.5. The third-order valence-electron chi connectivity index (χ3n) is 0.599. The maximum Gasteiger partial charge on any atom is 0.180 e. The van der Waals surface area contributed by atoms with Gasteiger partial charge < -0.3 is 9.52 Å². The molecule has 7 heavy (non-hydrogen) atoms. The van der Waals surface area contributed by atoms with Gasteiger partial charge in [0, 0.05) is 0 Å². The third kappa shape index (κ3) is 0.778. The second-order valence-corrected chi connectivity index (χ2v) is 1.09. The molecule has 0 bridgehead atoms. The molecular formula is C4H5NO2. The van der Waals surface area contributed by atoms with E-state index in [-0.39, 0.29) is 13.0 Å². The number of oxazole rings is 1. The number of aromatic nitrogens is 1. The van der Waals surface area contributed by atoms with Crippen LogP contribution in [0.15, 0.2) is 17.1 Å². The van der Waals surface area contributed by atoms with Gasteiger partial charge in [-0.1, -0.05) is 0 Å². The molecule has 0 amide bonds. The van der Waals surface area contributed by atoms with Crippen molar-refractivity contribution in [2.45, 2.75) is 6.61 Å². The Labute approximate surface area is 42.0 Å². The Morgan fingerprint density at radius 1 is 2.14 bits per heavy atom. The summed E-state index contributed by atoms with van der Waals surface area (Å²) < 4.78 is 11.2. The van der Waals surface area contributed by atoms with E-state index in [0.717, 1.165) is 0 Å². The fourth-order valence-corrected chi connectivity index (χ4v) is 0.278. The minimum Gasteiger partial charge on any atom is -0.451 e. The molecule has 1 aromatic heterocycles. The Bertz CT molecular complexity index is 174. The van der Waals surface area contributed by atoms with Gasteiger partial charge in [-0.15, -0.1) is 0 Å². The zero-order valence-electron chi connectivity index (χ0n) is 4.59. The summed E-state index contributed by atoms with van der Waals surface area (Å²) in [6, 6.07) is 0. The largest absolute Gasteiger partial charge is 0.451 e. The lowest BCUT2D eigenvalue weighted by Gasteiger charge is -1.75. The van der Waals surface area contributed by atoms with Crippen LogP contribution in [0.3, 0.4) is 0 Å². The van der Waals surface area contributed by atoms with E-state index < -0.39 is 0 Å². The van der Waals surface area contributed by atoms with E-state index in [0.29, 0.717) is 5.69 Å². The van der Waals surface area contributed by atoms with E-state index in [9.17, 15) is 0 Å². The summed E-state index contributed by atoms with van der Waals surface area (Å²) in [6.07, 6.45) is 1.09. The summed E-state index contributed by atoms with van der Waals surface area (Å²) in [6.45, 7) is -0.164. The molecule has 0 radical (unpaired) electrons. The molecule has 3 heteroatoms. The Hall–Kier alpha value is -0.830. The van der Waals surface area contributed by atoms with Crippen LogP contribution < -0.4 is 0 Å². The Morgan fingerprint density at radius 2 is 3.00 bits per heavy atom. The minimum absolute atomic E-state index is 0.158. The molecule has 0 aliphatic heterocycles. The average molecular weight is 100 g/mol. The highest BCUT2D eigenvalue weighted by molar-refractivity contribution is 4.86. The van der Waals surface area contributed by atoms with Gasteiger partial charge >= 0.3 is 0 Å². The molecule has 0 fully saturated rings. The quantitative estimate of drug-likeness (QED) is 0.547. The van der Waals surface area contributed by atoms with Crippen LogP contribution >= 0.6 is 0 Å². The fraction of sp³-hybridized carbons (Fsp3) is 0.250. The number of aliphatic hydroxyl groups is 1. The number of nitrogens with zero attached hydrogens (tertiary/aromatic N) is 1. The molecule has 0 atom stereocenters. The van der Waals surface area contributed by atoms with Crippen molar-refractivity contribution in [1.82, 2.24) is 4.98 Å². The molecule has 0 aliphatic rings. The van der Waals surface area contributed by atoms with Gasteiger partial charge in [0.2, 0.25) is 0 Å². The molecule has 0 saturated heterocycles. The minimum atomic E-state index is -0.164. The van der Waals surface area contributed by atoms with Crippen LogP contribution in [0.5, 0.6) is 0 Å². The summed E-state index contributed by atoms with van der Waals surface area (Å²) in [5.74, 6) is 0. The van der Waals surface area contributed by atoms with Crippen molar-refractivity contribution < 1.29 is 10.9 Å². The van der Waals surface area contributed by atoms with E-state index in [4.69, 9.17) is 6.48 Å². The van der Waals surface area contributed by atoms with Gasteiger partial charge in [-0.3, -0.25) is 0 Å². The molecule has 0 spiro atoms. The van der Waals surface area contributed by atoms with Crippen molar-refractivity contribution in [1.29, 1.82) is 0 Å². The molecule has 1 heterocycles. The van der Waals surface area contributed by atoms with Crippen LogP contribution in [0.2, 0.25) is 0 Å². The predicted octanol–water partition coefficient (Wildman–Crippen LogP) is 0.167. The molecule has 0 unspecified atom stereocenters. The van der Waals surface area contributed by atoms with Crippen molar-refractivity contribution in [3.8, 4) is 0 Å². The molecular weight excluding hydrogens is 94.0 g/mol. The van der Waals surface area contributed by atoms with Crippen LogP contribution in [0.4, 0.5) is 0 Å². The lowest BCUT2D eigenvalue weighted by molar-refractivity contribution is 0.276. The second kappa shape index (κ2) is 1.75. The van der Waals surface area contributed by atoms with Crippen molar-refractivity contribution >= 4 is 0 Å². The summed E-state index contributed by atoms with van der Waals surface area (Å²) in [5, 5.41) is 8.35. The molecule has 0 aliphatic carbocycles. The highest BCUT2D eigenvalue weighted by Crippen LogP contribution is 1.90. The zero-order chi connectivity index (χ0) is 5.98. The van der Waals surface area contributed by atoms with Gasteiger partial charge in [0.25, 0.3) is 0 Å². The first-order valence-electron chi connectivity index (χ1n) is 2.35. The van der Waals surface area contributed by atoms with Gasteiger partial charge in [-0.05, 0) is 0 Å². The van der Waals surface area contributed by atoms with Crippen LogP contribution in [0.1, 0.15) is 7.06 Å². The average Bonchev–Trinajstić information content (AvgIpc) is 2.14. The Balaban J connectivity index is 2.84. The molecule has 0 saturated carbocycles. The normalized spacial score (nSPS) is 11.3. The highest BCUT2D eigenvalue weighted by atomic mass is 16.3. The van der Waals surface area contributed by atoms with Crippen LogP contribution in [0, 0.1) is 0 Å². The first-order chi connectivity index (χ1) is 3.83. The smallest absolute Gasteiger partial charge is 0.180 e. The summed E-state index contributed by atoms with van der Waals surface area (Å²) >= 11 is 0. The fourth-order valence-electron chi connectivity index (χ4n) is 0.278. The van der Waals surface area contributed by atoms with Crippen molar-refractivity contribution in [2.75, 3.05) is 0 Å². The van der Waals surface area contributed by atoms with Gasteiger partial charge in [0.15, 0.2) is 6.37 Å². The lowest BCUT2D eigenvalue weighted by Crippen LogP contribution is -1.77. The Kier molecular flexibility index (Phi) is 0.801. The maximum absolute atomic E-state index is 8.35. The van der Waals surface area contributed by atoms with Gasteiger partial charge in [-0.25, -0.2) is 4.98 Å². The van der Waals surface area contributed by atoms with E-state index in [2.05, 4.69) is 9.40 Å². The monoisotopic (exact) mass is 100 g/mol.